The van der Waals surface area contributed by atoms with Gasteiger partial charge in [0.2, 0.25) is 5.91 Å². The molecule has 3 aromatic carbocycles. The lowest BCUT2D eigenvalue weighted by atomic mass is 10.2. The monoisotopic (exact) mass is 446 g/mol. The van der Waals surface area contributed by atoms with Crippen LogP contribution in [0.3, 0.4) is 0 Å². The summed E-state index contributed by atoms with van der Waals surface area (Å²) in [5.74, 6) is -0.704. The van der Waals surface area contributed by atoms with Gasteiger partial charge in [0.1, 0.15) is 0 Å². The molecule has 3 N–H and O–H groups in total. The van der Waals surface area contributed by atoms with Crippen molar-refractivity contribution in [3.05, 3.63) is 106 Å². The SMILES string of the molecule is O=C(/C=C/c1ccc([N+](=O)[O-])cc1)NC(=S)Nc1cccc(NC(=O)c2ccccc2)c1. The molecule has 0 aliphatic heterocycles. The van der Waals surface area contributed by atoms with Crippen LogP contribution in [0.15, 0.2) is 84.9 Å². The van der Waals surface area contributed by atoms with E-state index in [1.807, 2.05) is 6.07 Å². The number of nitro benzene ring substituents is 1. The maximum atomic E-state index is 12.3. The Hall–Kier alpha value is -4.37. The number of nitrogens with one attached hydrogen (secondary N) is 3. The van der Waals surface area contributed by atoms with Gasteiger partial charge in [-0.2, -0.15) is 0 Å². The molecule has 0 saturated heterocycles. The van der Waals surface area contributed by atoms with Crippen molar-refractivity contribution in [1.82, 2.24) is 5.32 Å². The number of hydrogen-bond donors (Lipinski definition) is 3. The van der Waals surface area contributed by atoms with Gasteiger partial charge in [-0.05, 0) is 66.3 Å². The van der Waals surface area contributed by atoms with E-state index in [2.05, 4.69) is 16.0 Å². The fourth-order valence-electron chi connectivity index (χ4n) is 2.66. The second-order valence-electron chi connectivity index (χ2n) is 6.53. The maximum Gasteiger partial charge on any atom is 0.269 e. The van der Waals surface area contributed by atoms with Crippen LogP contribution in [0.5, 0.6) is 0 Å². The fourth-order valence-corrected chi connectivity index (χ4v) is 2.88. The normalized spacial score (nSPS) is 10.4. The highest BCUT2D eigenvalue weighted by molar-refractivity contribution is 7.80. The molecule has 0 aliphatic rings. The van der Waals surface area contributed by atoms with E-state index in [-0.39, 0.29) is 16.7 Å². The summed E-state index contributed by atoms with van der Waals surface area (Å²) in [4.78, 5) is 34.5. The van der Waals surface area contributed by atoms with E-state index < -0.39 is 10.8 Å². The third-order valence-electron chi connectivity index (χ3n) is 4.18. The Morgan fingerprint density at radius 3 is 2.19 bits per heavy atom. The molecule has 9 heteroatoms. The minimum absolute atomic E-state index is 0.0285. The molecule has 0 fully saturated rings. The summed E-state index contributed by atoms with van der Waals surface area (Å²) in [6.07, 6.45) is 2.78. The van der Waals surface area contributed by atoms with Gasteiger partial charge >= 0.3 is 0 Å². The van der Waals surface area contributed by atoms with Crippen LogP contribution in [0.2, 0.25) is 0 Å². The van der Waals surface area contributed by atoms with Crippen LogP contribution in [-0.4, -0.2) is 21.9 Å². The van der Waals surface area contributed by atoms with Gasteiger partial charge in [-0.1, -0.05) is 24.3 Å². The lowest BCUT2D eigenvalue weighted by Crippen LogP contribution is -2.32. The molecular formula is C23H18N4O4S. The average Bonchev–Trinajstić information content (AvgIpc) is 2.78. The van der Waals surface area contributed by atoms with Crippen molar-refractivity contribution in [2.24, 2.45) is 0 Å². The van der Waals surface area contributed by atoms with Gasteiger partial charge in [0.25, 0.3) is 11.6 Å². The van der Waals surface area contributed by atoms with E-state index in [0.717, 1.165) is 0 Å². The summed E-state index contributed by atoms with van der Waals surface area (Å²) in [6, 6.07) is 21.5. The smallest absolute Gasteiger partial charge is 0.269 e. The number of nitrogens with zero attached hydrogens (tertiary/aromatic N) is 1. The van der Waals surface area contributed by atoms with Crippen LogP contribution in [0.1, 0.15) is 15.9 Å². The summed E-state index contributed by atoms with van der Waals surface area (Å²) >= 11 is 5.16. The first-order valence-electron chi connectivity index (χ1n) is 9.42. The Bertz CT molecular complexity index is 1180. The van der Waals surface area contributed by atoms with Crippen LogP contribution >= 0.6 is 12.2 Å². The third kappa shape index (κ3) is 6.57. The van der Waals surface area contributed by atoms with Crippen LogP contribution in [0, 0.1) is 10.1 Å². The summed E-state index contributed by atoms with van der Waals surface area (Å²) in [7, 11) is 0. The molecule has 32 heavy (non-hydrogen) atoms. The van der Waals surface area contributed by atoms with E-state index >= 15 is 0 Å². The Balaban J connectivity index is 1.54. The van der Waals surface area contributed by atoms with Crippen LogP contribution in [0.25, 0.3) is 6.08 Å². The molecule has 0 bridgehead atoms. The number of anilines is 2. The topological polar surface area (TPSA) is 113 Å². The summed E-state index contributed by atoms with van der Waals surface area (Å²) in [5.41, 5.74) is 2.29. The summed E-state index contributed by atoms with van der Waals surface area (Å²) in [5, 5.41) is 18.9. The van der Waals surface area contributed by atoms with Crippen molar-refractivity contribution < 1.29 is 14.5 Å². The first kappa shape index (κ1) is 22.3. The molecule has 0 heterocycles. The molecule has 3 rings (SSSR count). The van der Waals surface area contributed by atoms with Crippen molar-refractivity contribution >= 4 is 52.3 Å². The number of carbonyl (C=O) groups excluding carboxylic acids is 2. The zero-order chi connectivity index (χ0) is 22.9. The Morgan fingerprint density at radius 1 is 0.875 bits per heavy atom. The van der Waals surface area contributed by atoms with Gasteiger partial charge in [-0.3, -0.25) is 25.0 Å². The highest BCUT2D eigenvalue weighted by Crippen LogP contribution is 2.16. The van der Waals surface area contributed by atoms with Crippen LogP contribution < -0.4 is 16.0 Å². The van der Waals surface area contributed by atoms with Gasteiger partial charge in [-0.25, -0.2) is 0 Å². The molecule has 0 atom stereocenters. The Kier molecular flexibility index (Phi) is 7.39. The van der Waals surface area contributed by atoms with Gasteiger partial charge in [0.05, 0.1) is 4.92 Å². The predicted octanol–water partition coefficient (Wildman–Crippen LogP) is 4.37. The third-order valence-corrected chi connectivity index (χ3v) is 4.39. The van der Waals surface area contributed by atoms with E-state index in [1.54, 1.807) is 48.5 Å². The maximum absolute atomic E-state index is 12.3. The number of nitro groups is 1. The standard InChI is InChI=1S/C23H18N4O4S/c28-21(14-11-16-9-12-20(13-10-16)27(30)31)26-23(32)25-19-8-4-7-18(15-19)24-22(29)17-5-2-1-3-6-17/h1-15H,(H,24,29)(H2,25,26,28,32)/b14-11+. The van der Waals surface area contributed by atoms with Gasteiger partial charge in [0.15, 0.2) is 5.11 Å². The first-order chi connectivity index (χ1) is 15.4. The summed E-state index contributed by atoms with van der Waals surface area (Å²) in [6.45, 7) is 0. The second-order valence-corrected chi connectivity index (χ2v) is 6.93. The van der Waals surface area contributed by atoms with E-state index in [9.17, 15) is 19.7 Å². The highest BCUT2D eigenvalue weighted by atomic mass is 32.1. The minimum atomic E-state index is -0.494. The molecule has 8 nitrogen and oxygen atoms in total. The molecule has 0 aliphatic carbocycles. The van der Waals surface area contributed by atoms with Crippen molar-refractivity contribution in [3.8, 4) is 0 Å². The van der Waals surface area contributed by atoms with Gasteiger partial charge < -0.3 is 10.6 Å². The summed E-state index contributed by atoms with van der Waals surface area (Å²) < 4.78 is 0. The van der Waals surface area contributed by atoms with Crippen molar-refractivity contribution in [1.29, 1.82) is 0 Å². The molecule has 0 unspecified atom stereocenters. The van der Waals surface area contributed by atoms with E-state index in [4.69, 9.17) is 12.2 Å². The molecule has 0 radical (unpaired) electrons. The molecule has 0 aromatic heterocycles. The predicted molar refractivity (Wildman–Crippen MR) is 127 cm³/mol. The van der Waals surface area contributed by atoms with E-state index in [0.29, 0.717) is 22.5 Å². The molecule has 2 amide bonds. The zero-order valence-corrected chi connectivity index (χ0v) is 17.5. The van der Waals surface area contributed by atoms with Crippen molar-refractivity contribution in [3.63, 3.8) is 0 Å². The molecule has 3 aromatic rings. The quantitative estimate of drug-likeness (QED) is 0.224. The molecule has 0 saturated carbocycles. The minimum Gasteiger partial charge on any atom is -0.332 e. The zero-order valence-electron chi connectivity index (χ0n) is 16.6. The van der Waals surface area contributed by atoms with Gasteiger partial charge in [-0.15, -0.1) is 0 Å². The van der Waals surface area contributed by atoms with Gasteiger partial charge in [0, 0.05) is 35.1 Å². The first-order valence-corrected chi connectivity index (χ1v) is 9.82. The fraction of sp³-hybridized carbons (Fsp3) is 0. The van der Waals surface area contributed by atoms with Crippen LogP contribution in [-0.2, 0) is 4.79 Å². The van der Waals surface area contributed by atoms with Crippen LogP contribution in [0.4, 0.5) is 17.1 Å². The lowest BCUT2D eigenvalue weighted by Gasteiger charge is -2.10. The molecule has 160 valence electrons. The Labute approximate surface area is 189 Å². The molecule has 0 spiro atoms. The molecular weight excluding hydrogens is 428 g/mol. The average molecular weight is 446 g/mol. The number of amides is 2. The lowest BCUT2D eigenvalue weighted by molar-refractivity contribution is -0.384. The number of thiocarbonyl (C=S) groups is 1. The Morgan fingerprint density at radius 2 is 1.53 bits per heavy atom. The van der Waals surface area contributed by atoms with Crippen molar-refractivity contribution in [2.75, 3.05) is 10.6 Å². The number of non-ortho nitro benzene ring substituents is 1. The number of rotatable bonds is 6. The largest absolute Gasteiger partial charge is 0.332 e. The van der Waals surface area contributed by atoms with Crippen molar-refractivity contribution in [2.45, 2.75) is 0 Å². The number of hydrogen-bond acceptors (Lipinski definition) is 5. The number of benzene rings is 3. The van der Waals surface area contributed by atoms with E-state index in [1.165, 1.54) is 36.4 Å². The highest BCUT2D eigenvalue weighted by Gasteiger charge is 2.07. The number of carbonyl (C=O) groups is 2. The second kappa shape index (κ2) is 10.6.